The largest absolute Gasteiger partial charge is 0.356 e. The van der Waals surface area contributed by atoms with Crippen LogP contribution in [0.25, 0.3) is 0 Å². The van der Waals surface area contributed by atoms with Gasteiger partial charge in [-0.1, -0.05) is 19.1 Å². The standard InChI is InChI=1S/C26H35FN6O/c1-19-7-10-31(11-8-19)25-22-18-33(24(34)17-20-3-5-21(27)6-4-20)12-9-23(22)28-26(29-25)32-15-13-30(2)14-16-32/h3-6,19H,7-18H2,1-2H3. The zero-order chi connectivity index (χ0) is 23.7. The van der Waals surface area contributed by atoms with Gasteiger partial charge in [-0.05, 0) is 43.5 Å². The van der Waals surface area contributed by atoms with Gasteiger partial charge in [-0.2, -0.15) is 4.98 Å². The lowest BCUT2D eigenvalue weighted by Gasteiger charge is -2.38. The number of amides is 1. The monoisotopic (exact) mass is 466 g/mol. The molecule has 2 saturated heterocycles. The Labute approximate surface area is 201 Å². The number of fused-ring (bicyclic) bond motifs is 1. The van der Waals surface area contributed by atoms with Crippen molar-refractivity contribution in [2.45, 2.75) is 39.2 Å². The number of aromatic nitrogens is 2. The van der Waals surface area contributed by atoms with Crippen LogP contribution in [0.5, 0.6) is 0 Å². The molecule has 182 valence electrons. The first kappa shape index (κ1) is 23.0. The quantitative estimate of drug-likeness (QED) is 0.691. The number of benzene rings is 1. The molecule has 3 aliphatic rings. The van der Waals surface area contributed by atoms with Crippen LogP contribution in [0.2, 0.25) is 0 Å². The first-order valence-corrected chi connectivity index (χ1v) is 12.6. The maximum absolute atomic E-state index is 13.3. The summed E-state index contributed by atoms with van der Waals surface area (Å²) in [7, 11) is 2.16. The predicted molar refractivity (Wildman–Crippen MR) is 132 cm³/mol. The summed E-state index contributed by atoms with van der Waals surface area (Å²) >= 11 is 0. The summed E-state index contributed by atoms with van der Waals surface area (Å²) in [6, 6.07) is 6.21. The second-order valence-electron chi connectivity index (χ2n) is 10.1. The van der Waals surface area contributed by atoms with Crippen LogP contribution in [0.4, 0.5) is 16.2 Å². The van der Waals surface area contributed by atoms with E-state index in [2.05, 4.69) is 28.7 Å². The number of hydrogen-bond donors (Lipinski definition) is 0. The van der Waals surface area contributed by atoms with Gasteiger partial charge < -0.3 is 19.6 Å². The molecule has 1 aromatic heterocycles. The van der Waals surface area contributed by atoms with Crippen molar-refractivity contribution in [2.24, 2.45) is 5.92 Å². The fourth-order valence-electron chi connectivity index (χ4n) is 5.12. The van der Waals surface area contributed by atoms with Crippen LogP contribution in [0.1, 0.15) is 36.6 Å². The molecule has 0 radical (unpaired) electrons. The Morgan fingerprint density at radius 1 is 0.971 bits per heavy atom. The van der Waals surface area contributed by atoms with E-state index in [-0.39, 0.29) is 18.1 Å². The van der Waals surface area contributed by atoms with E-state index < -0.39 is 0 Å². The first-order chi connectivity index (χ1) is 16.5. The summed E-state index contributed by atoms with van der Waals surface area (Å²) in [5, 5.41) is 0. The summed E-state index contributed by atoms with van der Waals surface area (Å²) in [5.74, 6) is 2.38. The minimum absolute atomic E-state index is 0.0682. The van der Waals surface area contributed by atoms with Crippen LogP contribution < -0.4 is 9.80 Å². The van der Waals surface area contributed by atoms with Crippen molar-refractivity contribution in [2.75, 3.05) is 62.7 Å². The van der Waals surface area contributed by atoms with Crippen LogP contribution in [0, 0.1) is 11.7 Å². The number of carbonyl (C=O) groups is 1. The fraction of sp³-hybridized carbons (Fsp3) is 0.577. The third kappa shape index (κ3) is 5.02. The van der Waals surface area contributed by atoms with Crippen LogP contribution in [0.3, 0.4) is 0 Å². The Hall–Kier alpha value is -2.74. The smallest absolute Gasteiger partial charge is 0.227 e. The second kappa shape index (κ2) is 9.86. The highest BCUT2D eigenvalue weighted by atomic mass is 19.1. The normalized spacial score (nSPS) is 19.9. The highest BCUT2D eigenvalue weighted by molar-refractivity contribution is 5.79. The van der Waals surface area contributed by atoms with Crippen molar-refractivity contribution in [1.29, 1.82) is 0 Å². The Morgan fingerprint density at radius 3 is 2.38 bits per heavy atom. The minimum Gasteiger partial charge on any atom is -0.356 e. The number of hydrogen-bond acceptors (Lipinski definition) is 6. The first-order valence-electron chi connectivity index (χ1n) is 12.6. The summed E-state index contributed by atoms with van der Waals surface area (Å²) < 4.78 is 13.3. The minimum atomic E-state index is -0.281. The molecule has 0 saturated carbocycles. The molecule has 1 amide bonds. The van der Waals surface area contributed by atoms with E-state index >= 15 is 0 Å². The number of piperazine rings is 1. The summed E-state index contributed by atoms with van der Waals surface area (Å²) in [4.78, 5) is 32.2. The molecule has 34 heavy (non-hydrogen) atoms. The van der Waals surface area contributed by atoms with Crippen LogP contribution in [-0.2, 0) is 24.2 Å². The molecule has 5 rings (SSSR count). The Balaban J connectivity index is 1.40. The zero-order valence-electron chi connectivity index (χ0n) is 20.3. The molecule has 0 unspecified atom stereocenters. The van der Waals surface area contributed by atoms with Crippen LogP contribution in [0.15, 0.2) is 24.3 Å². The van der Waals surface area contributed by atoms with Gasteiger partial charge in [-0.25, -0.2) is 9.37 Å². The molecule has 3 aliphatic heterocycles. The lowest BCUT2D eigenvalue weighted by atomic mass is 9.98. The van der Waals surface area contributed by atoms with E-state index in [9.17, 15) is 9.18 Å². The van der Waals surface area contributed by atoms with E-state index in [0.717, 1.165) is 93.0 Å². The topological polar surface area (TPSA) is 55.8 Å². The average molecular weight is 467 g/mol. The molecular weight excluding hydrogens is 431 g/mol. The molecule has 0 bridgehead atoms. The number of nitrogens with zero attached hydrogens (tertiary/aromatic N) is 6. The number of carbonyl (C=O) groups excluding carboxylic acids is 1. The Morgan fingerprint density at radius 2 is 1.68 bits per heavy atom. The predicted octanol–water partition coefficient (Wildman–Crippen LogP) is 2.73. The van der Waals surface area contributed by atoms with Gasteiger partial charge >= 0.3 is 0 Å². The van der Waals surface area contributed by atoms with Crippen LogP contribution in [-0.4, -0.2) is 78.5 Å². The molecule has 1 aromatic carbocycles. The number of piperidine rings is 1. The fourth-order valence-corrected chi connectivity index (χ4v) is 5.12. The number of anilines is 2. The molecule has 2 fully saturated rings. The SMILES string of the molecule is CC1CCN(c2nc(N3CCN(C)CC3)nc3c2CN(C(=O)Cc2ccc(F)cc2)CC3)CC1. The van der Waals surface area contributed by atoms with Crippen molar-refractivity contribution in [3.63, 3.8) is 0 Å². The third-order valence-corrected chi connectivity index (χ3v) is 7.52. The van der Waals surface area contributed by atoms with E-state index in [1.807, 2.05) is 4.90 Å². The van der Waals surface area contributed by atoms with Gasteiger partial charge in [0, 0.05) is 57.8 Å². The number of halogens is 1. The summed E-state index contributed by atoms with van der Waals surface area (Å²) in [6.45, 7) is 9.42. The highest BCUT2D eigenvalue weighted by Crippen LogP contribution is 2.32. The molecular formula is C26H35FN6O. The van der Waals surface area contributed by atoms with E-state index in [0.29, 0.717) is 13.1 Å². The summed E-state index contributed by atoms with van der Waals surface area (Å²) in [6.07, 6.45) is 3.35. The molecule has 0 spiro atoms. The molecule has 8 heteroatoms. The van der Waals surface area contributed by atoms with Crippen LogP contribution >= 0.6 is 0 Å². The van der Waals surface area contributed by atoms with Crippen molar-refractivity contribution in [1.82, 2.24) is 19.8 Å². The van der Waals surface area contributed by atoms with Gasteiger partial charge in [0.1, 0.15) is 11.6 Å². The zero-order valence-corrected chi connectivity index (χ0v) is 20.3. The highest BCUT2D eigenvalue weighted by Gasteiger charge is 2.30. The molecule has 7 nitrogen and oxygen atoms in total. The Kier molecular flexibility index (Phi) is 6.68. The van der Waals surface area contributed by atoms with Gasteiger partial charge in [-0.3, -0.25) is 4.79 Å². The van der Waals surface area contributed by atoms with Crippen molar-refractivity contribution in [3.05, 3.63) is 46.9 Å². The van der Waals surface area contributed by atoms with Crippen molar-refractivity contribution in [3.8, 4) is 0 Å². The molecule has 0 aliphatic carbocycles. The van der Waals surface area contributed by atoms with Crippen molar-refractivity contribution >= 4 is 17.7 Å². The van der Waals surface area contributed by atoms with E-state index in [1.165, 1.54) is 12.1 Å². The second-order valence-corrected chi connectivity index (χ2v) is 10.1. The van der Waals surface area contributed by atoms with E-state index in [4.69, 9.17) is 9.97 Å². The molecule has 4 heterocycles. The van der Waals surface area contributed by atoms with Crippen molar-refractivity contribution < 1.29 is 9.18 Å². The molecule has 0 atom stereocenters. The maximum atomic E-state index is 13.3. The number of rotatable bonds is 4. The van der Waals surface area contributed by atoms with E-state index in [1.54, 1.807) is 12.1 Å². The van der Waals surface area contributed by atoms with Gasteiger partial charge in [0.2, 0.25) is 11.9 Å². The Bertz CT molecular complexity index is 1010. The van der Waals surface area contributed by atoms with Gasteiger partial charge in [0.15, 0.2) is 0 Å². The van der Waals surface area contributed by atoms with Gasteiger partial charge in [0.05, 0.1) is 18.7 Å². The van der Waals surface area contributed by atoms with Gasteiger partial charge in [0.25, 0.3) is 0 Å². The lowest BCUT2D eigenvalue weighted by Crippen LogP contribution is -2.46. The number of likely N-dealkylation sites (N-methyl/N-ethyl adjacent to an activating group) is 1. The lowest BCUT2D eigenvalue weighted by molar-refractivity contribution is -0.131. The van der Waals surface area contributed by atoms with Gasteiger partial charge in [-0.15, -0.1) is 0 Å². The third-order valence-electron chi connectivity index (χ3n) is 7.52. The maximum Gasteiger partial charge on any atom is 0.227 e. The summed E-state index contributed by atoms with van der Waals surface area (Å²) in [5.41, 5.74) is 3.03. The molecule has 2 aromatic rings. The average Bonchev–Trinajstić information content (AvgIpc) is 2.85. The molecule has 0 N–H and O–H groups in total.